The highest BCUT2D eigenvalue weighted by Crippen LogP contribution is 2.27. The third-order valence-corrected chi connectivity index (χ3v) is 3.66. The molecule has 2 rings (SSSR count). The molecular formula is C16H15BrClNO2. The maximum atomic E-state index is 12.3. The van der Waals surface area contributed by atoms with Crippen LogP contribution in [-0.2, 0) is 0 Å². The Hall–Kier alpha value is -1.52. The van der Waals surface area contributed by atoms with E-state index in [0.29, 0.717) is 33.1 Å². The Labute approximate surface area is 137 Å². The van der Waals surface area contributed by atoms with Crippen LogP contribution in [0.4, 0.5) is 5.69 Å². The topological polar surface area (TPSA) is 38.3 Å². The molecule has 0 atom stereocenters. The van der Waals surface area contributed by atoms with Gasteiger partial charge in [0, 0.05) is 9.50 Å². The van der Waals surface area contributed by atoms with Gasteiger partial charge >= 0.3 is 0 Å². The van der Waals surface area contributed by atoms with Crippen LogP contribution in [0.15, 0.2) is 46.9 Å². The molecule has 1 amide bonds. The van der Waals surface area contributed by atoms with Crippen molar-refractivity contribution < 1.29 is 9.53 Å². The van der Waals surface area contributed by atoms with Crippen LogP contribution >= 0.6 is 27.5 Å². The van der Waals surface area contributed by atoms with E-state index < -0.39 is 0 Å². The minimum atomic E-state index is -0.217. The molecule has 1 N–H and O–H groups in total. The summed E-state index contributed by atoms with van der Waals surface area (Å²) in [7, 11) is 0. The number of benzene rings is 2. The third-order valence-electron chi connectivity index (χ3n) is 2.77. The SMILES string of the molecule is CCCOc1ccccc1NC(=O)c1ccc(Cl)cc1Br. The fraction of sp³-hybridized carbons (Fsp3) is 0.188. The molecule has 0 bridgehead atoms. The van der Waals surface area contributed by atoms with Gasteiger partial charge in [-0.1, -0.05) is 30.7 Å². The van der Waals surface area contributed by atoms with Crippen molar-refractivity contribution in [2.75, 3.05) is 11.9 Å². The number of halogens is 2. The predicted molar refractivity (Wildman–Crippen MR) is 89.3 cm³/mol. The van der Waals surface area contributed by atoms with Gasteiger partial charge in [-0.3, -0.25) is 4.79 Å². The number of carbonyl (C=O) groups is 1. The van der Waals surface area contributed by atoms with Crippen molar-refractivity contribution in [3.05, 3.63) is 57.5 Å². The molecule has 110 valence electrons. The highest BCUT2D eigenvalue weighted by atomic mass is 79.9. The summed E-state index contributed by atoms with van der Waals surface area (Å²) < 4.78 is 6.28. The second-order valence-electron chi connectivity index (χ2n) is 4.42. The molecule has 0 unspecified atom stereocenters. The Bertz CT molecular complexity index is 646. The molecule has 0 aliphatic rings. The summed E-state index contributed by atoms with van der Waals surface area (Å²) in [5.74, 6) is 0.448. The third kappa shape index (κ3) is 4.22. The van der Waals surface area contributed by atoms with Crippen LogP contribution in [0.5, 0.6) is 5.75 Å². The van der Waals surface area contributed by atoms with Crippen molar-refractivity contribution in [3.63, 3.8) is 0 Å². The van der Waals surface area contributed by atoms with Crippen LogP contribution in [0.2, 0.25) is 5.02 Å². The Morgan fingerprint density at radius 2 is 2.05 bits per heavy atom. The van der Waals surface area contributed by atoms with Crippen LogP contribution in [0, 0.1) is 0 Å². The first-order chi connectivity index (χ1) is 10.1. The normalized spacial score (nSPS) is 10.2. The maximum absolute atomic E-state index is 12.3. The van der Waals surface area contributed by atoms with Crippen LogP contribution < -0.4 is 10.1 Å². The molecule has 0 saturated carbocycles. The minimum absolute atomic E-state index is 0.217. The summed E-state index contributed by atoms with van der Waals surface area (Å²) in [6.45, 7) is 2.64. The molecule has 0 saturated heterocycles. The van der Waals surface area contributed by atoms with Crippen LogP contribution in [0.25, 0.3) is 0 Å². The van der Waals surface area contributed by atoms with E-state index in [1.54, 1.807) is 18.2 Å². The van der Waals surface area contributed by atoms with Gasteiger partial charge in [-0.2, -0.15) is 0 Å². The first kappa shape index (κ1) is 15.9. The summed E-state index contributed by atoms with van der Waals surface area (Å²) in [5, 5.41) is 3.43. The zero-order valence-corrected chi connectivity index (χ0v) is 13.9. The van der Waals surface area contributed by atoms with Gasteiger partial charge in [0.2, 0.25) is 0 Å². The number of hydrogen-bond donors (Lipinski definition) is 1. The highest BCUT2D eigenvalue weighted by Gasteiger charge is 2.12. The molecule has 2 aromatic carbocycles. The number of rotatable bonds is 5. The van der Waals surface area contributed by atoms with Crippen molar-refractivity contribution in [1.82, 2.24) is 0 Å². The molecule has 0 aliphatic carbocycles. The fourth-order valence-electron chi connectivity index (χ4n) is 1.77. The minimum Gasteiger partial charge on any atom is -0.491 e. The number of amides is 1. The van der Waals surface area contributed by atoms with Crippen molar-refractivity contribution >= 4 is 39.1 Å². The second-order valence-corrected chi connectivity index (χ2v) is 5.71. The number of hydrogen-bond acceptors (Lipinski definition) is 2. The van der Waals surface area contributed by atoms with Gasteiger partial charge in [0.25, 0.3) is 5.91 Å². The van der Waals surface area contributed by atoms with Gasteiger partial charge in [0.15, 0.2) is 0 Å². The molecule has 0 fully saturated rings. The van der Waals surface area contributed by atoms with Gasteiger partial charge in [0.1, 0.15) is 5.75 Å². The Balaban J connectivity index is 2.19. The molecule has 3 nitrogen and oxygen atoms in total. The maximum Gasteiger partial charge on any atom is 0.256 e. The van der Waals surface area contributed by atoms with Crippen molar-refractivity contribution in [1.29, 1.82) is 0 Å². The average Bonchev–Trinajstić information content (AvgIpc) is 2.46. The van der Waals surface area contributed by atoms with Crippen molar-refractivity contribution in [2.45, 2.75) is 13.3 Å². The Morgan fingerprint density at radius 3 is 2.76 bits per heavy atom. The smallest absolute Gasteiger partial charge is 0.256 e. The van der Waals surface area contributed by atoms with Crippen LogP contribution in [-0.4, -0.2) is 12.5 Å². The largest absolute Gasteiger partial charge is 0.491 e. The van der Waals surface area contributed by atoms with E-state index >= 15 is 0 Å². The van der Waals surface area contributed by atoms with Crippen molar-refractivity contribution in [2.24, 2.45) is 0 Å². The zero-order valence-electron chi connectivity index (χ0n) is 11.5. The van der Waals surface area contributed by atoms with Gasteiger partial charge < -0.3 is 10.1 Å². The highest BCUT2D eigenvalue weighted by molar-refractivity contribution is 9.10. The molecule has 0 spiro atoms. The van der Waals surface area contributed by atoms with Gasteiger partial charge in [-0.15, -0.1) is 0 Å². The first-order valence-corrected chi connectivity index (χ1v) is 7.77. The first-order valence-electron chi connectivity index (χ1n) is 6.60. The Morgan fingerprint density at radius 1 is 1.29 bits per heavy atom. The molecule has 0 heterocycles. The summed E-state index contributed by atoms with van der Waals surface area (Å²) >= 11 is 9.23. The number of nitrogens with one attached hydrogen (secondary N) is 1. The fourth-order valence-corrected chi connectivity index (χ4v) is 2.63. The van der Waals surface area contributed by atoms with E-state index in [9.17, 15) is 4.79 Å². The molecular weight excluding hydrogens is 354 g/mol. The lowest BCUT2D eigenvalue weighted by Crippen LogP contribution is -2.13. The molecule has 21 heavy (non-hydrogen) atoms. The molecule has 0 aromatic heterocycles. The van der Waals surface area contributed by atoms with Crippen LogP contribution in [0.1, 0.15) is 23.7 Å². The quantitative estimate of drug-likeness (QED) is 0.793. The number of ether oxygens (including phenoxy) is 1. The lowest BCUT2D eigenvalue weighted by Gasteiger charge is -2.12. The summed E-state index contributed by atoms with van der Waals surface area (Å²) in [5.41, 5.74) is 1.17. The van der Waals surface area contributed by atoms with Gasteiger partial charge in [-0.25, -0.2) is 0 Å². The zero-order chi connectivity index (χ0) is 15.2. The average molecular weight is 369 g/mol. The Kier molecular flexibility index (Phi) is 5.65. The lowest BCUT2D eigenvalue weighted by atomic mass is 10.2. The second kappa shape index (κ2) is 7.48. The van der Waals surface area contributed by atoms with E-state index in [1.807, 2.05) is 31.2 Å². The van der Waals surface area contributed by atoms with E-state index in [0.717, 1.165) is 6.42 Å². The predicted octanol–water partition coefficient (Wildman–Crippen LogP) is 5.14. The summed E-state index contributed by atoms with van der Waals surface area (Å²) in [4.78, 5) is 12.3. The molecule has 0 radical (unpaired) electrons. The monoisotopic (exact) mass is 367 g/mol. The standard InChI is InChI=1S/C16H15BrClNO2/c1-2-9-21-15-6-4-3-5-14(15)19-16(20)12-8-7-11(18)10-13(12)17/h3-8,10H,2,9H2,1H3,(H,19,20). The van der Waals surface area contributed by atoms with Gasteiger partial charge in [-0.05, 0) is 52.7 Å². The van der Waals surface area contributed by atoms with Crippen molar-refractivity contribution in [3.8, 4) is 5.75 Å². The van der Waals surface area contributed by atoms with E-state index in [-0.39, 0.29) is 5.91 Å². The van der Waals surface area contributed by atoms with E-state index in [4.69, 9.17) is 16.3 Å². The molecule has 0 aliphatic heterocycles. The number of carbonyl (C=O) groups excluding carboxylic acids is 1. The summed E-state index contributed by atoms with van der Waals surface area (Å²) in [6, 6.07) is 12.4. The van der Waals surface area contributed by atoms with Gasteiger partial charge in [0.05, 0.1) is 17.9 Å². The van der Waals surface area contributed by atoms with E-state index in [1.165, 1.54) is 0 Å². The van der Waals surface area contributed by atoms with E-state index in [2.05, 4.69) is 21.2 Å². The molecule has 5 heteroatoms. The molecule has 2 aromatic rings. The van der Waals surface area contributed by atoms with Crippen LogP contribution in [0.3, 0.4) is 0 Å². The number of para-hydroxylation sites is 2. The summed E-state index contributed by atoms with van der Waals surface area (Å²) in [6.07, 6.45) is 0.908. The number of anilines is 1. The lowest BCUT2D eigenvalue weighted by molar-refractivity contribution is 0.102.